The highest BCUT2D eigenvalue weighted by Crippen LogP contribution is 2.48. The Hall–Kier alpha value is -1.80. The van der Waals surface area contributed by atoms with E-state index >= 15 is 0 Å². The van der Waals surface area contributed by atoms with Gasteiger partial charge in [0.2, 0.25) is 0 Å². The van der Waals surface area contributed by atoms with Crippen LogP contribution in [-0.4, -0.2) is 17.8 Å². The number of fused-ring (bicyclic) bond motifs is 2. The van der Waals surface area contributed by atoms with Gasteiger partial charge in [0.25, 0.3) is 0 Å². The lowest BCUT2D eigenvalue weighted by Gasteiger charge is -2.27. The molecule has 2 heteroatoms. The third-order valence-corrected chi connectivity index (χ3v) is 6.74. The molecule has 1 unspecified atom stereocenters. The molecule has 4 rings (SSSR count). The standard InChI is InChI=1S/C24H30O2/c1-15-11-22-21(12-16(2)23(22)26-4)20(17(15)3)9-10-24(25)13-18-7-5-6-8-19(18)14-24/h5-8,16,25H,9-14H2,1-4H3. The summed E-state index contributed by atoms with van der Waals surface area (Å²) >= 11 is 0. The van der Waals surface area contributed by atoms with Gasteiger partial charge in [-0.05, 0) is 73.0 Å². The number of methoxy groups -OCH3 is 1. The Balaban J connectivity index is 1.59. The molecule has 1 aromatic rings. The highest BCUT2D eigenvalue weighted by atomic mass is 16.5. The van der Waals surface area contributed by atoms with Gasteiger partial charge in [-0.25, -0.2) is 0 Å². The quantitative estimate of drug-likeness (QED) is 0.801. The average Bonchev–Trinajstić information content (AvgIpc) is 3.10. The Morgan fingerprint density at radius 1 is 1.12 bits per heavy atom. The molecule has 0 amide bonds. The van der Waals surface area contributed by atoms with Crippen LogP contribution in [0.1, 0.15) is 57.6 Å². The Kier molecular flexibility index (Phi) is 4.35. The summed E-state index contributed by atoms with van der Waals surface area (Å²) in [4.78, 5) is 0. The summed E-state index contributed by atoms with van der Waals surface area (Å²) in [5, 5.41) is 11.2. The van der Waals surface area contributed by atoms with Crippen LogP contribution in [0.3, 0.4) is 0 Å². The van der Waals surface area contributed by atoms with Crippen molar-refractivity contribution in [2.24, 2.45) is 5.92 Å². The van der Waals surface area contributed by atoms with E-state index in [-0.39, 0.29) is 0 Å². The smallest absolute Gasteiger partial charge is 0.102 e. The third-order valence-electron chi connectivity index (χ3n) is 6.74. The minimum Gasteiger partial charge on any atom is -0.501 e. The van der Waals surface area contributed by atoms with Crippen LogP contribution in [0.2, 0.25) is 0 Å². The lowest BCUT2D eigenvalue weighted by Crippen LogP contribution is -2.29. The summed E-state index contributed by atoms with van der Waals surface area (Å²) in [5.74, 6) is 1.65. The molecule has 1 N–H and O–H groups in total. The maximum absolute atomic E-state index is 11.2. The molecule has 3 aliphatic rings. The zero-order chi connectivity index (χ0) is 18.5. The third kappa shape index (κ3) is 2.85. The molecule has 0 saturated heterocycles. The molecule has 0 saturated carbocycles. The van der Waals surface area contributed by atoms with Gasteiger partial charge in [0, 0.05) is 18.8 Å². The SMILES string of the molecule is COC1=C2CC(C)=C(C)C(CCC3(O)Cc4ccccc4C3)=C2CC1C. The van der Waals surface area contributed by atoms with E-state index in [1.807, 2.05) is 0 Å². The van der Waals surface area contributed by atoms with E-state index in [0.29, 0.717) is 5.92 Å². The predicted molar refractivity (Wildman–Crippen MR) is 106 cm³/mol. The Labute approximate surface area is 157 Å². The van der Waals surface area contributed by atoms with E-state index in [2.05, 4.69) is 45.0 Å². The van der Waals surface area contributed by atoms with Crippen molar-refractivity contribution in [3.63, 3.8) is 0 Å². The number of hydrogen-bond acceptors (Lipinski definition) is 2. The van der Waals surface area contributed by atoms with Crippen molar-refractivity contribution in [3.05, 3.63) is 69.0 Å². The molecule has 0 fully saturated rings. The number of hydrogen-bond donors (Lipinski definition) is 1. The number of allylic oxidation sites excluding steroid dienone is 6. The van der Waals surface area contributed by atoms with Crippen LogP contribution < -0.4 is 0 Å². The van der Waals surface area contributed by atoms with Gasteiger partial charge in [0.05, 0.1) is 12.7 Å². The zero-order valence-corrected chi connectivity index (χ0v) is 16.5. The maximum Gasteiger partial charge on any atom is 0.102 e. The van der Waals surface area contributed by atoms with Gasteiger partial charge in [-0.3, -0.25) is 0 Å². The fourth-order valence-electron chi connectivity index (χ4n) is 5.22. The highest BCUT2D eigenvalue weighted by Gasteiger charge is 2.37. The molecular weight excluding hydrogens is 320 g/mol. The van der Waals surface area contributed by atoms with Gasteiger partial charge in [-0.15, -0.1) is 0 Å². The average molecular weight is 351 g/mol. The normalized spacial score (nSPS) is 24.3. The van der Waals surface area contributed by atoms with Crippen LogP contribution in [0.5, 0.6) is 0 Å². The lowest BCUT2D eigenvalue weighted by molar-refractivity contribution is 0.0427. The Morgan fingerprint density at radius 2 is 1.77 bits per heavy atom. The fourth-order valence-corrected chi connectivity index (χ4v) is 5.22. The summed E-state index contributed by atoms with van der Waals surface area (Å²) in [7, 11) is 1.81. The van der Waals surface area contributed by atoms with Crippen LogP contribution in [-0.2, 0) is 17.6 Å². The van der Waals surface area contributed by atoms with E-state index in [0.717, 1.165) is 38.5 Å². The first-order chi connectivity index (χ1) is 12.4. The summed E-state index contributed by atoms with van der Waals surface area (Å²) in [6, 6.07) is 8.48. The second kappa shape index (κ2) is 6.42. The first-order valence-electron chi connectivity index (χ1n) is 9.87. The summed E-state index contributed by atoms with van der Waals surface area (Å²) in [6.45, 7) is 6.77. The van der Waals surface area contributed by atoms with E-state index in [1.165, 1.54) is 44.8 Å². The first kappa shape index (κ1) is 17.6. The summed E-state index contributed by atoms with van der Waals surface area (Å²) in [6.07, 6.45) is 5.46. The van der Waals surface area contributed by atoms with E-state index in [1.54, 1.807) is 7.11 Å². The first-order valence-corrected chi connectivity index (χ1v) is 9.87. The van der Waals surface area contributed by atoms with Crippen LogP contribution in [0.4, 0.5) is 0 Å². The van der Waals surface area contributed by atoms with E-state index in [4.69, 9.17) is 4.74 Å². The zero-order valence-electron chi connectivity index (χ0n) is 16.5. The maximum atomic E-state index is 11.2. The topological polar surface area (TPSA) is 29.5 Å². The molecule has 0 radical (unpaired) electrons. The highest BCUT2D eigenvalue weighted by molar-refractivity contribution is 5.56. The molecule has 0 aromatic heterocycles. The van der Waals surface area contributed by atoms with Gasteiger partial charge in [-0.2, -0.15) is 0 Å². The fraction of sp³-hybridized carbons (Fsp3) is 0.500. The van der Waals surface area contributed by atoms with Gasteiger partial charge in [-0.1, -0.05) is 36.8 Å². The number of benzene rings is 1. The van der Waals surface area contributed by atoms with Gasteiger partial charge >= 0.3 is 0 Å². The molecule has 0 spiro atoms. The van der Waals surface area contributed by atoms with Crippen molar-refractivity contribution in [1.29, 1.82) is 0 Å². The summed E-state index contributed by atoms with van der Waals surface area (Å²) < 4.78 is 5.74. The van der Waals surface area contributed by atoms with Crippen LogP contribution in [0.25, 0.3) is 0 Å². The minimum atomic E-state index is -0.596. The van der Waals surface area contributed by atoms with Crippen molar-refractivity contribution >= 4 is 0 Å². The molecule has 1 atom stereocenters. The molecule has 3 aliphatic carbocycles. The lowest BCUT2D eigenvalue weighted by atomic mass is 9.80. The number of rotatable bonds is 4. The molecule has 0 heterocycles. The molecule has 2 nitrogen and oxygen atoms in total. The van der Waals surface area contributed by atoms with Crippen molar-refractivity contribution in [2.45, 2.75) is 64.9 Å². The Morgan fingerprint density at radius 3 is 2.38 bits per heavy atom. The molecule has 0 aliphatic heterocycles. The largest absolute Gasteiger partial charge is 0.501 e. The predicted octanol–water partition coefficient (Wildman–Crippen LogP) is 5.27. The van der Waals surface area contributed by atoms with Gasteiger partial charge < -0.3 is 9.84 Å². The molecule has 1 aromatic carbocycles. The van der Waals surface area contributed by atoms with Crippen molar-refractivity contribution in [3.8, 4) is 0 Å². The van der Waals surface area contributed by atoms with Gasteiger partial charge in [0.1, 0.15) is 5.76 Å². The Bertz CT molecular complexity index is 813. The molecule has 26 heavy (non-hydrogen) atoms. The monoisotopic (exact) mass is 350 g/mol. The molecular formula is C24H30O2. The van der Waals surface area contributed by atoms with Crippen LogP contribution in [0, 0.1) is 5.92 Å². The van der Waals surface area contributed by atoms with E-state index < -0.39 is 5.60 Å². The molecule has 0 bridgehead atoms. The van der Waals surface area contributed by atoms with Crippen molar-refractivity contribution < 1.29 is 9.84 Å². The van der Waals surface area contributed by atoms with Crippen LogP contribution >= 0.6 is 0 Å². The number of aliphatic hydroxyl groups is 1. The summed E-state index contributed by atoms with van der Waals surface area (Å²) in [5.41, 5.74) is 9.30. The van der Waals surface area contributed by atoms with Gasteiger partial charge in [0.15, 0.2) is 0 Å². The number of ether oxygens (including phenoxy) is 1. The van der Waals surface area contributed by atoms with Crippen molar-refractivity contribution in [2.75, 3.05) is 7.11 Å². The van der Waals surface area contributed by atoms with Crippen LogP contribution in [0.15, 0.2) is 57.9 Å². The second-order valence-electron chi connectivity index (χ2n) is 8.54. The second-order valence-corrected chi connectivity index (χ2v) is 8.54. The molecule has 138 valence electrons. The van der Waals surface area contributed by atoms with E-state index in [9.17, 15) is 5.11 Å². The van der Waals surface area contributed by atoms with Crippen molar-refractivity contribution in [1.82, 2.24) is 0 Å². The minimum absolute atomic E-state index is 0.470.